The van der Waals surface area contributed by atoms with Gasteiger partial charge in [-0.3, -0.25) is 4.79 Å². The van der Waals surface area contributed by atoms with Gasteiger partial charge in [0.05, 0.1) is 28.4 Å². The lowest BCUT2D eigenvalue weighted by Crippen LogP contribution is -2.17. The molecule has 0 atom stereocenters. The molecule has 2 rings (SSSR count). The molecule has 8 heteroatoms. The van der Waals surface area contributed by atoms with E-state index in [1.165, 1.54) is 6.21 Å². The summed E-state index contributed by atoms with van der Waals surface area (Å²) in [6.07, 6.45) is 2.36. The number of ether oxygens (including phenoxy) is 2. The number of halogens is 2. The zero-order valence-electron chi connectivity index (χ0n) is 15.0. The second-order valence-electron chi connectivity index (χ2n) is 5.48. The van der Waals surface area contributed by atoms with Crippen molar-refractivity contribution >= 4 is 44.0 Å². The standard InChI is InChI=1S/C19H20Br2N2O4/c1-3-7-27-16-6-5-13(10-17(16)26-4-2)19(25)23-22-11-12-8-14(20)18(24)15(21)9-12/h5-6,8-11,24H,3-4,7H2,1-2H3,(H,23,25)/b22-11+. The second kappa shape index (κ2) is 10.3. The third-order valence-corrected chi connectivity index (χ3v) is 4.60. The van der Waals surface area contributed by atoms with Gasteiger partial charge in [-0.2, -0.15) is 5.10 Å². The van der Waals surface area contributed by atoms with Crippen LogP contribution in [0, 0.1) is 0 Å². The predicted octanol–water partition coefficient (Wildman–Crippen LogP) is 4.87. The summed E-state index contributed by atoms with van der Waals surface area (Å²) in [4.78, 5) is 12.3. The van der Waals surface area contributed by atoms with Crippen molar-refractivity contribution in [3.05, 3.63) is 50.4 Å². The van der Waals surface area contributed by atoms with Gasteiger partial charge < -0.3 is 14.6 Å². The fourth-order valence-corrected chi connectivity index (χ4v) is 3.36. The van der Waals surface area contributed by atoms with E-state index in [1.807, 2.05) is 13.8 Å². The van der Waals surface area contributed by atoms with Gasteiger partial charge in [0.1, 0.15) is 5.75 Å². The highest BCUT2D eigenvalue weighted by molar-refractivity contribution is 9.11. The number of rotatable bonds is 8. The number of hydrogen-bond donors (Lipinski definition) is 2. The van der Waals surface area contributed by atoms with Crippen LogP contribution >= 0.6 is 31.9 Å². The van der Waals surface area contributed by atoms with Crippen molar-refractivity contribution in [2.75, 3.05) is 13.2 Å². The molecule has 0 aromatic heterocycles. The lowest BCUT2D eigenvalue weighted by Gasteiger charge is -2.12. The van der Waals surface area contributed by atoms with Crippen LogP contribution in [0.1, 0.15) is 36.2 Å². The van der Waals surface area contributed by atoms with Crippen molar-refractivity contribution in [1.29, 1.82) is 0 Å². The average Bonchev–Trinajstić information content (AvgIpc) is 2.65. The molecule has 0 bridgehead atoms. The number of benzene rings is 2. The molecule has 0 saturated heterocycles. The summed E-state index contributed by atoms with van der Waals surface area (Å²) in [5, 5.41) is 13.7. The largest absolute Gasteiger partial charge is 0.506 e. The zero-order chi connectivity index (χ0) is 19.8. The van der Waals surface area contributed by atoms with Crippen molar-refractivity contribution in [1.82, 2.24) is 5.43 Å². The molecule has 0 aliphatic rings. The Balaban J connectivity index is 2.10. The van der Waals surface area contributed by atoms with E-state index in [1.54, 1.807) is 30.3 Å². The molecule has 2 aromatic rings. The van der Waals surface area contributed by atoms with Gasteiger partial charge in [0.2, 0.25) is 0 Å². The lowest BCUT2D eigenvalue weighted by atomic mass is 10.2. The minimum Gasteiger partial charge on any atom is -0.506 e. The second-order valence-corrected chi connectivity index (χ2v) is 7.18. The van der Waals surface area contributed by atoms with Crippen LogP contribution < -0.4 is 14.9 Å². The van der Waals surface area contributed by atoms with Gasteiger partial charge in [-0.15, -0.1) is 0 Å². The van der Waals surface area contributed by atoms with Gasteiger partial charge in [0.25, 0.3) is 5.91 Å². The fraction of sp³-hybridized carbons (Fsp3) is 0.263. The zero-order valence-corrected chi connectivity index (χ0v) is 18.1. The van der Waals surface area contributed by atoms with Gasteiger partial charge in [0, 0.05) is 5.56 Å². The number of carbonyl (C=O) groups is 1. The van der Waals surface area contributed by atoms with Crippen LogP contribution in [0.2, 0.25) is 0 Å². The first-order valence-electron chi connectivity index (χ1n) is 8.37. The molecule has 0 saturated carbocycles. The number of hydrogen-bond acceptors (Lipinski definition) is 5. The number of carbonyl (C=O) groups excluding carboxylic acids is 1. The molecular weight excluding hydrogens is 480 g/mol. The van der Waals surface area contributed by atoms with E-state index in [0.29, 0.717) is 44.8 Å². The summed E-state index contributed by atoms with van der Waals surface area (Å²) < 4.78 is 12.2. The molecule has 2 aromatic carbocycles. The Bertz CT molecular complexity index is 817. The number of phenols is 1. The van der Waals surface area contributed by atoms with Crippen molar-refractivity contribution in [2.45, 2.75) is 20.3 Å². The minimum atomic E-state index is -0.369. The van der Waals surface area contributed by atoms with E-state index >= 15 is 0 Å². The Kier molecular flexibility index (Phi) is 8.12. The quantitative estimate of drug-likeness (QED) is 0.401. The highest BCUT2D eigenvalue weighted by Gasteiger charge is 2.11. The van der Waals surface area contributed by atoms with E-state index in [4.69, 9.17) is 9.47 Å². The molecule has 0 unspecified atom stereocenters. The normalized spacial score (nSPS) is 10.8. The van der Waals surface area contributed by atoms with Crippen LogP contribution in [-0.2, 0) is 0 Å². The molecule has 144 valence electrons. The highest BCUT2D eigenvalue weighted by Crippen LogP contribution is 2.33. The first-order valence-corrected chi connectivity index (χ1v) is 9.95. The molecule has 1 amide bonds. The van der Waals surface area contributed by atoms with Crippen molar-refractivity contribution in [3.63, 3.8) is 0 Å². The van der Waals surface area contributed by atoms with Crippen LogP contribution in [0.25, 0.3) is 0 Å². The molecule has 0 spiro atoms. The third kappa shape index (κ3) is 5.97. The maximum Gasteiger partial charge on any atom is 0.271 e. The van der Waals surface area contributed by atoms with Crippen molar-refractivity contribution < 1.29 is 19.4 Å². The topological polar surface area (TPSA) is 80.2 Å². The van der Waals surface area contributed by atoms with Gasteiger partial charge >= 0.3 is 0 Å². The van der Waals surface area contributed by atoms with Crippen LogP contribution in [0.4, 0.5) is 0 Å². The minimum absolute atomic E-state index is 0.102. The lowest BCUT2D eigenvalue weighted by molar-refractivity contribution is 0.0954. The van der Waals surface area contributed by atoms with Crippen LogP contribution in [0.15, 0.2) is 44.4 Å². The molecule has 0 aliphatic carbocycles. The van der Waals surface area contributed by atoms with E-state index in [-0.39, 0.29) is 11.7 Å². The molecule has 27 heavy (non-hydrogen) atoms. The summed E-state index contributed by atoms with van der Waals surface area (Å²) >= 11 is 6.49. The van der Waals surface area contributed by atoms with E-state index in [2.05, 4.69) is 42.4 Å². The maximum absolute atomic E-state index is 12.3. The van der Waals surface area contributed by atoms with Gasteiger partial charge in [-0.1, -0.05) is 6.92 Å². The Morgan fingerprint density at radius 1 is 1.15 bits per heavy atom. The van der Waals surface area contributed by atoms with Crippen molar-refractivity contribution in [2.24, 2.45) is 5.10 Å². The molecule has 2 N–H and O–H groups in total. The number of hydrazone groups is 1. The summed E-state index contributed by atoms with van der Waals surface area (Å²) in [7, 11) is 0. The van der Waals surface area contributed by atoms with Crippen molar-refractivity contribution in [3.8, 4) is 17.2 Å². The monoisotopic (exact) mass is 498 g/mol. The van der Waals surface area contributed by atoms with E-state index in [9.17, 15) is 9.90 Å². The summed E-state index contributed by atoms with van der Waals surface area (Å²) in [5.41, 5.74) is 3.58. The smallest absolute Gasteiger partial charge is 0.271 e. The van der Waals surface area contributed by atoms with Crippen LogP contribution in [0.3, 0.4) is 0 Å². The number of amides is 1. The Labute approximate surface area is 174 Å². The number of aromatic hydroxyl groups is 1. The first-order chi connectivity index (χ1) is 13.0. The van der Waals surface area contributed by atoms with Gasteiger partial charge in [-0.05, 0) is 81.1 Å². The van der Waals surface area contributed by atoms with E-state index in [0.717, 1.165) is 6.42 Å². The van der Waals surface area contributed by atoms with Crippen LogP contribution in [0.5, 0.6) is 17.2 Å². The predicted molar refractivity (Wildman–Crippen MR) is 112 cm³/mol. The number of nitrogens with zero attached hydrogens (tertiary/aromatic N) is 1. The molecule has 0 fully saturated rings. The van der Waals surface area contributed by atoms with Crippen LogP contribution in [-0.4, -0.2) is 30.4 Å². The third-order valence-electron chi connectivity index (χ3n) is 3.39. The van der Waals surface area contributed by atoms with E-state index < -0.39 is 0 Å². The Morgan fingerprint density at radius 2 is 1.85 bits per heavy atom. The number of phenolic OH excluding ortho intramolecular Hbond substituents is 1. The number of nitrogens with one attached hydrogen (secondary N) is 1. The molecular formula is C19H20Br2N2O4. The summed E-state index contributed by atoms with van der Waals surface area (Å²) in [6, 6.07) is 8.37. The SMILES string of the molecule is CCCOc1ccc(C(=O)N/N=C/c2cc(Br)c(O)c(Br)c2)cc1OCC. The molecule has 0 heterocycles. The Morgan fingerprint density at radius 3 is 2.48 bits per heavy atom. The average molecular weight is 500 g/mol. The van der Waals surface area contributed by atoms with Gasteiger partial charge in [-0.25, -0.2) is 5.43 Å². The summed E-state index contributed by atoms with van der Waals surface area (Å²) in [5.74, 6) is 0.864. The fourth-order valence-electron chi connectivity index (χ4n) is 2.14. The summed E-state index contributed by atoms with van der Waals surface area (Å²) in [6.45, 7) is 4.93. The molecule has 6 nitrogen and oxygen atoms in total. The molecule has 0 aliphatic heterocycles. The Hall–Kier alpha value is -2.06. The first kappa shape index (κ1) is 21.2. The maximum atomic E-state index is 12.3. The van der Waals surface area contributed by atoms with Gasteiger partial charge in [0.15, 0.2) is 11.5 Å². The molecule has 0 radical (unpaired) electrons. The highest BCUT2D eigenvalue weighted by atomic mass is 79.9.